The van der Waals surface area contributed by atoms with E-state index in [-0.39, 0.29) is 24.8 Å². The predicted octanol–water partition coefficient (Wildman–Crippen LogP) is 3.78. The normalized spacial score (nSPS) is 18.1. The fourth-order valence-electron chi connectivity index (χ4n) is 3.62. The summed E-state index contributed by atoms with van der Waals surface area (Å²) in [6, 6.07) is 17.2. The van der Waals surface area contributed by atoms with Crippen molar-refractivity contribution in [2.75, 3.05) is 6.54 Å². The minimum absolute atomic E-state index is 0.159. The Hall–Kier alpha value is -2.42. The third-order valence-electron chi connectivity index (χ3n) is 5.28. The molecule has 0 radical (unpaired) electrons. The summed E-state index contributed by atoms with van der Waals surface area (Å²) in [5.74, 6) is -0.621. The Bertz CT molecular complexity index is 1090. The maximum absolute atomic E-state index is 12.4. The Kier molecular flexibility index (Phi) is 6.60. The van der Waals surface area contributed by atoms with E-state index in [0.29, 0.717) is 6.42 Å². The number of aliphatic hydroxyl groups excluding tert-OH is 1. The molecule has 3 aromatic rings. The van der Waals surface area contributed by atoms with Crippen LogP contribution in [0.15, 0.2) is 63.5 Å². The number of aliphatic hydroxyl groups is 1. The number of β-amino-alcohol motifs (C(OH)–C–C–N with tert-alkyl or cyclic N) is 1. The highest BCUT2D eigenvalue weighted by Crippen LogP contribution is 2.31. The third kappa shape index (κ3) is 5.08. The van der Waals surface area contributed by atoms with E-state index in [1.807, 2.05) is 48.5 Å². The number of aromatic amines is 1. The number of aromatic nitrogens is 1. The third-order valence-corrected chi connectivity index (χ3v) is 6.34. The number of hydrogen-bond acceptors (Lipinski definition) is 3. The Morgan fingerprint density at radius 2 is 1.65 bits per heavy atom. The van der Waals surface area contributed by atoms with Crippen LogP contribution in [0, 0.1) is 0 Å². The van der Waals surface area contributed by atoms with Crippen molar-refractivity contribution < 1.29 is 14.7 Å². The molecule has 2 aromatic carbocycles. The summed E-state index contributed by atoms with van der Waals surface area (Å²) in [7, 11) is 0. The number of carbonyl (C=O) groups excluding carboxylic acids is 2. The van der Waals surface area contributed by atoms with Gasteiger partial charge in [-0.25, -0.2) is 0 Å². The predicted molar refractivity (Wildman–Crippen MR) is 126 cm³/mol. The molecule has 4 N–H and O–H groups in total. The van der Waals surface area contributed by atoms with Gasteiger partial charge in [-0.05, 0) is 53.4 Å². The average molecular weight is 547 g/mol. The molecule has 2 amide bonds. The van der Waals surface area contributed by atoms with E-state index in [4.69, 9.17) is 0 Å². The zero-order valence-electron chi connectivity index (χ0n) is 16.5. The van der Waals surface area contributed by atoms with Crippen LogP contribution in [0.1, 0.15) is 12.0 Å². The maximum Gasteiger partial charge on any atom is 0.245 e. The molecule has 0 saturated carbocycles. The van der Waals surface area contributed by atoms with Crippen molar-refractivity contribution >= 4 is 43.7 Å². The van der Waals surface area contributed by atoms with E-state index in [0.717, 1.165) is 37.0 Å². The van der Waals surface area contributed by atoms with E-state index in [1.54, 1.807) is 0 Å². The second-order valence-electron chi connectivity index (χ2n) is 7.45. The summed E-state index contributed by atoms with van der Waals surface area (Å²) in [6.07, 6.45) is -0.196. The van der Waals surface area contributed by atoms with E-state index in [2.05, 4.69) is 53.5 Å². The highest BCUT2D eigenvalue weighted by molar-refractivity contribution is 9.10. The molecule has 0 unspecified atom stereocenters. The average Bonchev–Trinajstić information content (AvgIpc) is 3.32. The van der Waals surface area contributed by atoms with Crippen LogP contribution in [0.3, 0.4) is 0 Å². The molecule has 4 rings (SSSR count). The lowest BCUT2D eigenvalue weighted by molar-refractivity contribution is -0.128. The van der Waals surface area contributed by atoms with E-state index in [9.17, 15) is 14.7 Å². The second kappa shape index (κ2) is 9.38. The molecule has 6 nitrogen and oxygen atoms in total. The van der Waals surface area contributed by atoms with Crippen molar-refractivity contribution in [2.24, 2.45) is 0 Å². The van der Waals surface area contributed by atoms with Crippen LogP contribution in [-0.2, 0) is 16.0 Å². The van der Waals surface area contributed by atoms with Gasteiger partial charge >= 0.3 is 0 Å². The van der Waals surface area contributed by atoms with Crippen molar-refractivity contribution in [2.45, 2.75) is 25.0 Å². The molecule has 2 heterocycles. The Morgan fingerprint density at radius 1 is 1.03 bits per heavy atom. The Morgan fingerprint density at radius 3 is 2.23 bits per heavy atom. The van der Waals surface area contributed by atoms with Crippen LogP contribution in [-0.4, -0.2) is 40.6 Å². The van der Waals surface area contributed by atoms with Crippen molar-refractivity contribution in [3.63, 3.8) is 0 Å². The molecule has 1 fully saturated rings. The number of benzene rings is 2. The Labute approximate surface area is 196 Å². The van der Waals surface area contributed by atoms with Crippen LogP contribution in [0.2, 0.25) is 0 Å². The van der Waals surface area contributed by atoms with Crippen molar-refractivity contribution in [3.8, 4) is 22.5 Å². The number of rotatable bonds is 6. The largest absolute Gasteiger partial charge is 0.389 e. The number of nitrogens with one attached hydrogen (secondary N) is 3. The fraction of sp³-hybridized carbons (Fsp3) is 0.217. The number of H-pyrrole nitrogens is 1. The first-order chi connectivity index (χ1) is 14.9. The first kappa shape index (κ1) is 21.8. The first-order valence-corrected chi connectivity index (χ1v) is 11.5. The summed E-state index contributed by atoms with van der Waals surface area (Å²) >= 11 is 6.93. The highest BCUT2D eigenvalue weighted by atomic mass is 79.9. The van der Waals surface area contributed by atoms with Gasteiger partial charge in [0.1, 0.15) is 12.1 Å². The molecule has 31 heavy (non-hydrogen) atoms. The summed E-state index contributed by atoms with van der Waals surface area (Å²) in [4.78, 5) is 27.7. The van der Waals surface area contributed by atoms with Gasteiger partial charge in [0.2, 0.25) is 11.8 Å². The molecule has 0 bridgehead atoms. The zero-order chi connectivity index (χ0) is 22.0. The van der Waals surface area contributed by atoms with Gasteiger partial charge in [-0.3, -0.25) is 9.59 Å². The zero-order valence-corrected chi connectivity index (χ0v) is 19.7. The molecule has 1 aliphatic heterocycles. The SMILES string of the molecule is O=C(CCc1cc(-c2ccc(Br)cc2)[nH]c1-c1ccc(Br)cc1)N[C@@H]1C(=O)NC[C@H]1O. The number of halogens is 2. The number of amides is 2. The molecule has 1 aromatic heterocycles. The fourth-order valence-corrected chi connectivity index (χ4v) is 4.15. The topological polar surface area (TPSA) is 94.2 Å². The lowest BCUT2D eigenvalue weighted by atomic mass is 10.0. The quantitative estimate of drug-likeness (QED) is 0.379. The van der Waals surface area contributed by atoms with Crippen molar-refractivity contribution in [1.82, 2.24) is 15.6 Å². The monoisotopic (exact) mass is 545 g/mol. The van der Waals surface area contributed by atoms with Crippen LogP contribution in [0.4, 0.5) is 0 Å². The van der Waals surface area contributed by atoms with Gasteiger partial charge in [-0.1, -0.05) is 56.1 Å². The first-order valence-electron chi connectivity index (χ1n) is 9.89. The lowest BCUT2D eigenvalue weighted by Gasteiger charge is -2.13. The van der Waals surface area contributed by atoms with Gasteiger partial charge in [0.05, 0.1) is 0 Å². The van der Waals surface area contributed by atoms with Gasteiger partial charge in [0, 0.05) is 33.3 Å². The summed E-state index contributed by atoms with van der Waals surface area (Å²) < 4.78 is 2.00. The number of carbonyl (C=O) groups is 2. The molecule has 2 atom stereocenters. The highest BCUT2D eigenvalue weighted by Gasteiger charge is 2.34. The molecule has 1 saturated heterocycles. The van der Waals surface area contributed by atoms with Crippen LogP contribution < -0.4 is 10.6 Å². The van der Waals surface area contributed by atoms with Gasteiger partial charge < -0.3 is 20.7 Å². The van der Waals surface area contributed by atoms with Gasteiger partial charge in [-0.15, -0.1) is 0 Å². The van der Waals surface area contributed by atoms with Crippen LogP contribution >= 0.6 is 31.9 Å². The summed E-state index contributed by atoms with van der Waals surface area (Å²) in [6.45, 7) is 0.159. The molecule has 0 spiro atoms. The van der Waals surface area contributed by atoms with Crippen LogP contribution in [0.5, 0.6) is 0 Å². The lowest BCUT2D eigenvalue weighted by Crippen LogP contribution is -2.45. The van der Waals surface area contributed by atoms with Gasteiger partial charge in [0.25, 0.3) is 0 Å². The molecule has 0 aliphatic carbocycles. The van der Waals surface area contributed by atoms with E-state index < -0.39 is 12.1 Å². The molecular weight excluding hydrogens is 526 g/mol. The van der Waals surface area contributed by atoms with Crippen molar-refractivity contribution in [1.29, 1.82) is 0 Å². The molecular formula is C23H21Br2N3O3. The Balaban J connectivity index is 1.56. The second-order valence-corrected chi connectivity index (χ2v) is 9.29. The minimum Gasteiger partial charge on any atom is -0.389 e. The van der Waals surface area contributed by atoms with Gasteiger partial charge in [0.15, 0.2) is 0 Å². The molecule has 8 heteroatoms. The summed E-state index contributed by atoms with van der Waals surface area (Å²) in [5, 5.41) is 15.0. The van der Waals surface area contributed by atoms with Crippen LogP contribution in [0.25, 0.3) is 22.5 Å². The van der Waals surface area contributed by atoms with E-state index >= 15 is 0 Å². The minimum atomic E-state index is -0.897. The smallest absolute Gasteiger partial charge is 0.245 e. The number of hydrogen-bond donors (Lipinski definition) is 4. The number of aryl methyl sites for hydroxylation is 1. The van der Waals surface area contributed by atoms with Gasteiger partial charge in [-0.2, -0.15) is 0 Å². The molecule has 160 valence electrons. The van der Waals surface area contributed by atoms with Crippen molar-refractivity contribution in [3.05, 3.63) is 69.1 Å². The standard InChI is InChI=1S/C23H21Br2N3O3/c24-16-6-1-13(2-7-16)18-11-15(21(27-18)14-3-8-17(25)9-4-14)5-10-20(30)28-22-19(29)12-26-23(22)31/h1-4,6-9,11,19,22,27,29H,5,10,12H2,(H,26,31)(H,28,30)/t19-,22+/m1/s1. The van der Waals surface area contributed by atoms with E-state index in [1.165, 1.54) is 0 Å². The maximum atomic E-state index is 12.4. The summed E-state index contributed by atoms with van der Waals surface area (Å²) in [5.41, 5.74) is 4.99. The molecule has 1 aliphatic rings.